The number of hydrogen-bond acceptors (Lipinski definition) is 3. The zero-order valence-electron chi connectivity index (χ0n) is 9.53. The van der Waals surface area contributed by atoms with Crippen LogP contribution in [0.15, 0.2) is 35.4 Å². The average molecular weight is 277 g/mol. The molecule has 18 heavy (non-hydrogen) atoms. The quantitative estimate of drug-likeness (QED) is 0.738. The number of rotatable bonds is 1. The highest BCUT2D eigenvalue weighted by Crippen LogP contribution is 2.32. The van der Waals surface area contributed by atoms with Gasteiger partial charge in [0.05, 0.1) is 11.8 Å². The Morgan fingerprint density at radius 1 is 1.28 bits per heavy atom. The van der Waals surface area contributed by atoms with E-state index >= 15 is 0 Å². The van der Waals surface area contributed by atoms with Crippen LogP contribution in [0.4, 0.5) is 0 Å². The first kappa shape index (κ1) is 11.4. The van der Waals surface area contributed by atoms with Crippen molar-refractivity contribution in [3.63, 3.8) is 0 Å². The molecule has 0 fully saturated rings. The van der Waals surface area contributed by atoms with Gasteiger partial charge in [-0.3, -0.25) is 4.79 Å². The number of thiophene rings is 1. The van der Waals surface area contributed by atoms with E-state index in [1.165, 1.54) is 17.7 Å². The Hall–Kier alpha value is -1.65. The third-order valence-electron chi connectivity index (χ3n) is 2.64. The molecule has 1 N–H and O–H groups in total. The van der Waals surface area contributed by atoms with E-state index < -0.39 is 0 Å². The van der Waals surface area contributed by atoms with E-state index in [4.69, 9.17) is 11.6 Å². The molecule has 0 bridgehead atoms. The van der Waals surface area contributed by atoms with Crippen LogP contribution in [0.25, 0.3) is 20.7 Å². The van der Waals surface area contributed by atoms with Gasteiger partial charge in [-0.2, -0.15) is 0 Å². The molecule has 0 unspecified atom stereocenters. The topological polar surface area (TPSA) is 45.8 Å². The lowest BCUT2D eigenvalue weighted by atomic mass is 10.1. The zero-order valence-corrected chi connectivity index (χ0v) is 11.1. The van der Waals surface area contributed by atoms with Crippen LogP contribution in [-0.4, -0.2) is 9.97 Å². The zero-order chi connectivity index (χ0) is 12.7. The number of fused-ring (bicyclic) bond motifs is 1. The van der Waals surface area contributed by atoms with E-state index in [9.17, 15) is 4.79 Å². The number of nitrogens with one attached hydrogen (secondary N) is 1. The number of aromatic amines is 1. The molecule has 1 aromatic carbocycles. The Morgan fingerprint density at radius 2 is 2.11 bits per heavy atom. The normalized spacial score (nSPS) is 11.0. The predicted molar refractivity (Wildman–Crippen MR) is 75.4 cm³/mol. The van der Waals surface area contributed by atoms with Crippen molar-refractivity contribution in [2.45, 2.75) is 6.92 Å². The van der Waals surface area contributed by atoms with E-state index in [2.05, 4.69) is 9.97 Å². The summed E-state index contributed by atoms with van der Waals surface area (Å²) >= 11 is 7.48. The highest BCUT2D eigenvalue weighted by atomic mass is 35.5. The molecule has 2 heterocycles. The SMILES string of the molecule is Cc1cc(Cl)cc(-c2cc3nc[nH]c(=O)c3s2)c1. The van der Waals surface area contributed by atoms with Gasteiger partial charge in [-0.25, -0.2) is 4.98 Å². The smallest absolute Gasteiger partial charge is 0.268 e. The first-order valence-electron chi connectivity index (χ1n) is 5.38. The molecule has 2 aromatic heterocycles. The summed E-state index contributed by atoms with van der Waals surface area (Å²) in [5.74, 6) is 0. The Morgan fingerprint density at radius 3 is 2.83 bits per heavy atom. The number of hydrogen-bond donors (Lipinski definition) is 1. The Balaban J connectivity index is 2.25. The highest BCUT2D eigenvalue weighted by Gasteiger charge is 2.08. The minimum Gasteiger partial charge on any atom is -0.312 e. The van der Waals surface area contributed by atoms with Gasteiger partial charge in [0.2, 0.25) is 0 Å². The summed E-state index contributed by atoms with van der Waals surface area (Å²) in [5.41, 5.74) is 2.73. The lowest BCUT2D eigenvalue weighted by Crippen LogP contribution is -2.02. The second kappa shape index (κ2) is 4.23. The molecule has 0 saturated carbocycles. The monoisotopic (exact) mass is 276 g/mol. The Bertz CT molecular complexity index is 771. The van der Waals surface area contributed by atoms with Crippen LogP contribution >= 0.6 is 22.9 Å². The summed E-state index contributed by atoms with van der Waals surface area (Å²) < 4.78 is 0.644. The molecule has 0 aliphatic carbocycles. The van der Waals surface area contributed by atoms with Crippen molar-refractivity contribution in [1.82, 2.24) is 9.97 Å². The second-order valence-electron chi connectivity index (χ2n) is 4.07. The summed E-state index contributed by atoms with van der Waals surface area (Å²) in [5, 5.41) is 0.698. The van der Waals surface area contributed by atoms with Crippen molar-refractivity contribution in [3.05, 3.63) is 51.5 Å². The first-order chi connectivity index (χ1) is 8.63. The van der Waals surface area contributed by atoms with Crippen LogP contribution in [0, 0.1) is 6.92 Å². The van der Waals surface area contributed by atoms with Crippen LogP contribution in [0.3, 0.4) is 0 Å². The third kappa shape index (κ3) is 1.94. The minimum atomic E-state index is -0.102. The maximum Gasteiger partial charge on any atom is 0.268 e. The molecule has 3 rings (SSSR count). The molecule has 3 nitrogen and oxygen atoms in total. The van der Waals surface area contributed by atoms with Gasteiger partial charge in [-0.05, 0) is 36.2 Å². The molecular weight excluding hydrogens is 268 g/mol. The molecule has 90 valence electrons. The van der Waals surface area contributed by atoms with Crippen LogP contribution in [-0.2, 0) is 0 Å². The molecule has 0 radical (unpaired) electrons. The van der Waals surface area contributed by atoms with E-state index in [-0.39, 0.29) is 5.56 Å². The van der Waals surface area contributed by atoms with Crippen LogP contribution < -0.4 is 5.56 Å². The number of halogens is 1. The van der Waals surface area contributed by atoms with Gasteiger partial charge in [-0.1, -0.05) is 17.7 Å². The summed E-state index contributed by atoms with van der Waals surface area (Å²) in [7, 11) is 0. The van der Waals surface area contributed by atoms with Gasteiger partial charge >= 0.3 is 0 Å². The lowest BCUT2D eigenvalue weighted by Gasteiger charge is -2.00. The predicted octanol–water partition coefficient (Wildman–Crippen LogP) is 3.61. The molecule has 0 spiro atoms. The van der Waals surface area contributed by atoms with Crippen LogP contribution in [0.2, 0.25) is 5.02 Å². The number of H-pyrrole nitrogens is 1. The third-order valence-corrected chi connectivity index (χ3v) is 4.03. The number of nitrogens with zero attached hydrogens (tertiary/aromatic N) is 1. The number of aryl methyl sites for hydroxylation is 1. The van der Waals surface area contributed by atoms with Crippen molar-refractivity contribution in [3.8, 4) is 10.4 Å². The Labute approximate surface area is 112 Å². The van der Waals surface area contributed by atoms with Gasteiger partial charge in [0.1, 0.15) is 4.70 Å². The minimum absolute atomic E-state index is 0.102. The maximum atomic E-state index is 11.6. The molecule has 0 atom stereocenters. The molecule has 0 aliphatic heterocycles. The largest absolute Gasteiger partial charge is 0.312 e. The van der Waals surface area contributed by atoms with Gasteiger partial charge in [0.25, 0.3) is 5.56 Å². The first-order valence-corrected chi connectivity index (χ1v) is 6.58. The molecule has 0 saturated heterocycles. The van der Waals surface area contributed by atoms with Gasteiger partial charge in [0.15, 0.2) is 0 Å². The van der Waals surface area contributed by atoms with Gasteiger partial charge < -0.3 is 4.98 Å². The molecule has 0 aliphatic rings. The summed E-state index contributed by atoms with van der Waals surface area (Å²) in [6, 6.07) is 7.77. The average Bonchev–Trinajstić information content (AvgIpc) is 2.73. The maximum absolute atomic E-state index is 11.6. The van der Waals surface area contributed by atoms with Crippen molar-refractivity contribution in [2.24, 2.45) is 0 Å². The molecule has 0 amide bonds. The van der Waals surface area contributed by atoms with Crippen molar-refractivity contribution in [1.29, 1.82) is 0 Å². The van der Waals surface area contributed by atoms with E-state index in [1.807, 2.05) is 31.2 Å². The van der Waals surface area contributed by atoms with Crippen LogP contribution in [0.1, 0.15) is 5.56 Å². The van der Waals surface area contributed by atoms with Crippen LogP contribution in [0.5, 0.6) is 0 Å². The number of aromatic nitrogens is 2. The van der Waals surface area contributed by atoms with Crippen molar-refractivity contribution >= 4 is 33.2 Å². The fraction of sp³-hybridized carbons (Fsp3) is 0.0769. The highest BCUT2D eigenvalue weighted by molar-refractivity contribution is 7.22. The summed E-state index contributed by atoms with van der Waals surface area (Å²) in [6.45, 7) is 1.99. The summed E-state index contributed by atoms with van der Waals surface area (Å²) in [4.78, 5) is 19.4. The fourth-order valence-corrected chi connectivity index (χ4v) is 3.17. The van der Waals surface area contributed by atoms with E-state index in [0.717, 1.165) is 21.5 Å². The second-order valence-corrected chi connectivity index (χ2v) is 5.56. The lowest BCUT2D eigenvalue weighted by molar-refractivity contribution is 1.18. The van der Waals surface area contributed by atoms with Gasteiger partial charge in [-0.15, -0.1) is 11.3 Å². The molecular formula is C13H9ClN2OS. The van der Waals surface area contributed by atoms with E-state index in [1.54, 1.807) is 0 Å². The summed E-state index contributed by atoms with van der Waals surface area (Å²) in [6.07, 6.45) is 1.42. The Kier molecular flexibility index (Phi) is 2.69. The van der Waals surface area contributed by atoms with Crippen molar-refractivity contribution < 1.29 is 0 Å². The van der Waals surface area contributed by atoms with Gasteiger partial charge in [0, 0.05) is 9.90 Å². The van der Waals surface area contributed by atoms with E-state index in [0.29, 0.717) is 9.72 Å². The molecule has 5 heteroatoms. The standard InChI is InChI=1S/C13H9ClN2OS/c1-7-2-8(4-9(14)3-7)11-5-10-12(18-11)13(17)16-6-15-10/h2-6H,1H3,(H,15,16,17). The number of benzene rings is 1. The fourth-order valence-electron chi connectivity index (χ4n) is 1.89. The van der Waals surface area contributed by atoms with Crippen molar-refractivity contribution in [2.75, 3.05) is 0 Å². The molecule has 3 aromatic rings.